The Labute approximate surface area is 195 Å². The summed E-state index contributed by atoms with van der Waals surface area (Å²) in [4.78, 5) is 0. The highest BCUT2D eigenvalue weighted by molar-refractivity contribution is 9.09. The average Bonchev–Trinajstić information content (AvgIpc) is 2.74. The van der Waals surface area contributed by atoms with Gasteiger partial charge in [-0.2, -0.15) is 0 Å². The van der Waals surface area contributed by atoms with E-state index in [1.54, 1.807) is 24.6 Å². The first-order chi connectivity index (χ1) is 14.2. The Morgan fingerprint density at radius 2 is 0.655 bits per heavy atom. The van der Waals surface area contributed by atoms with Gasteiger partial charge in [0.1, 0.15) is 0 Å². The second kappa shape index (κ2) is 23.6. The van der Waals surface area contributed by atoms with Crippen LogP contribution < -0.4 is 0 Å². The zero-order valence-electron chi connectivity index (χ0n) is 20.8. The Morgan fingerprint density at radius 1 is 0.379 bits per heavy atom. The molecular formula is C27H57BrP+. The minimum Gasteiger partial charge on any atom is -0.0927 e. The Kier molecular flexibility index (Phi) is 24.3. The molecule has 0 aromatic rings. The summed E-state index contributed by atoms with van der Waals surface area (Å²) >= 11 is 3.75. The fourth-order valence-electron chi connectivity index (χ4n) is 4.75. The van der Waals surface area contributed by atoms with Crippen molar-refractivity contribution in [1.29, 1.82) is 0 Å². The monoisotopic (exact) mass is 491 g/mol. The van der Waals surface area contributed by atoms with Crippen molar-refractivity contribution in [3.63, 3.8) is 0 Å². The Morgan fingerprint density at radius 3 is 0.966 bits per heavy atom. The topological polar surface area (TPSA) is 0 Å². The van der Waals surface area contributed by atoms with E-state index < -0.39 is 7.26 Å². The van der Waals surface area contributed by atoms with Crippen LogP contribution in [0, 0.1) is 0 Å². The molecule has 0 saturated heterocycles. The van der Waals surface area contributed by atoms with Crippen LogP contribution in [0.5, 0.6) is 0 Å². The van der Waals surface area contributed by atoms with E-state index in [-0.39, 0.29) is 0 Å². The van der Waals surface area contributed by atoms with E-state index in [0.29, 0.717) is 0 Å². The first-order valence-electron chi connectivity index (χ1n) is 13.7. The minimum absolute atomic E-state index is 0.709. The van der Waals surface area contributed by atoms with E-state index in [0.717, 1.165) is 0 Å². The van der Waals surface area contributed by atoms with Crippen molar-refractivity contribution in [3.05, 3.63) is 0 Å². The van der Waals surface area contributed by atoms with Crippen molar-refractivity contribution in [2.45, 2.75) is 143 Å². The van der Waals surface area contributed by atoms with E-state index in [9.17, 15) is 0 Å². The summed E-state index contributed by atoms with van der Waals surface area (Å²) in [6.45, 7) is 6.99. The molecule has 0 aliphatic rings. The van der Waals surface area contributed by atoms with Crippen LogP contribution in [0.4, 0.5) is 0 Å². The van der Waals surface area contributed by atoms with E-state index in [4.69, 9.17) is 0 Å². The lowest BCUT2D eigenvalue weighted by molar-refractivity contribution is 0.615. The number of hydrogen-bond donors (Lipinski definition) is 0. The lowest BCUT2D eigenvalue weighted by atomic mass is 10.1. The third-order valence-corrected chi connectivity index (χ3v) is 12.3. The van der Waals surface area contributed by atoms with Gasteiger partial charge in [-0.15, -0.1) is 0 Å². The number of alkyl halides is 1. The van der Waals surface area contributed by atoms with Crippen molar-refractivity contribution < 1.29 is 0 Å². The highest BCUT2D eigenvalue weighted by Gasteiger charge is 2.34. The van der Waals surface area contributed by atoms with Crippen LogP contribution in [0.1, 0.15) is 143 Å². The largest absolute Gasteiger partial charge is 0.0927 e. The van der Waals surface area contributed by atoms with Crippen LogP contribution >= 0.6 is 23.2 Å². The quantitative estimate of drug-likeness (QED) is 0.0714. The second-order valence-corrected chi connectivity index (χ2v) is 14.8. The zero-order valence-corrected chi connectivity index (χ0v) is 23.3. The fourth-order valence-corrected chi connectivity index (χ4v) is 10.3. The standard InChI is InChI=1S/C27H57BrP/c1-4-7-10-13-16-19-24-29(27-22-23-28,25-20-17-14-11-8-5-2)26-21-18-15-12-9-6-3/h4-27H2,1-3H3/q+1. The van der Waals surface area contributed by atoms with Crippen molar-refractivity contribution in [1.82, 2.24) is 0 Å². The van der Waals surface area contributed by atoms with Crippen LogP contribution in [0.3, 0.4) is 0 Å². The molecule has 0 nitrogen and oxygen atoms in total. The van der Waals surface area contributed by atoms with Crippen LogP contribution in [0.15, 0.2) is 0 Å². The molecule has 176 valence electrons. The number of hydrogen-bond acceptors (Lipinski definition) is 0. The summed E-state index contributed by atoms with van der Waals surface area (Å²) in [5.74, 6) is 0. The summed E-state index contributed by atoms with van der Waals surface area (Å²) in [5, 5.41) is 1.22. The smallest absolute Gasteiger partial charge is 0.0602 e. The zero-order chi connectivity index (χ0) is 21.5. The molecule has 0 spiro atoms. The molecule has 0 amide bonds. The molecular weight excluding hydrogens is 435 g/mol. The molecule has 2 heteroatoms. The summed E-state index contributed by atoms with van der Waals surface area (Å²) < 4.78 is 0. The minimum atomic E-state index is -0.709. The first-order valence-corrected chi connectivity index (χ1v) is 17.3. The van der Waals surface area contributed by atoms with E-state index in [1.807, 2.05) is 0 Å². The lowest BCUT2D eigenvalue weighted by Crippen LogP contribution is -2.13. The molecule has 0 fully saturated rings. The predicted molar refractivity (Wildman–Crippen MR) is 145 cm³/mol. The van der Waals surface area contributed by atoms with Crippen LogP contribution in [0.2, 0.25) is 0 Å². The molecule has 0 aromatic carbocycles. The maximum absolute atomic E-state index is 3.75. The Hall–Kier alpha value is 0.910. The maximum atomic E-state index is 3.75. The van der Waals surface area contributed by atoms with Crippen LogP contribution in [-0.4, -0.2) is 30.0 Å². The summed E-state index contributed by atoms with van der Waals surface area (Å²) in [6, 6.07) is 0. The third kappa shape index (κ3) is 19.3. The Bertz CT molecular complexity index is 264. The molecule has 0 aliphatic heterocycles. The summed E-state index contributed by atoms with van der Waals surface area (Å²) in [6.07, 6.45) is 34.3. The lowest BCUT2D eigenvalue weighted by Gasteiger charge is -2.28. The average molecular weight is 493 g/mol. The van der Waals surface area contributed by atoms with Gasteiger partial charge in [-0.3, -0.25) is 0 Å². The van der Waals surface area contributed by atoms with Gasteiger partial charge in [-0.1, -0.05) is 114 Å². The van der Waals surface area contributed by atoms with E-state index in [1.165, 1.54) is 127 Å². The van der Waals surface area contributed by atoms with Crippen molar-refractivity contribution in [3.8, 4) is 0 Å². The molecule has 0 atom stereocenters. The normalized spacial score (nSPS) is 12.0. The SMILES string of the molecule is CCCCCCCC[P+](CCCBr)(CCCCCCCC)CCCCCCCC. The van der Waals surface area contributed by atoms with Gasteiger partial charge in [0.15, 0.2) is 0 Å². The number of halogens is 1. The number of unbranched alkanes of at least 4 members (excludes halogenated alkanes) is 15. The third-order valence-electron chi connectivity index (χ3n) is 6.72. The second-order valence-electron chi connectivity index (χ2n) is 9.58. The highest BCUT2D eigenvalue weighted by Crippen LogP contribution is 2.61. The highest BCUT2D eigenvalue weighted by atomic mass is 79.9. The van der Waals surface area contributed by atoms with Gasteiger partial charge in [0.25, 0.3) is 0 Å². The molecule has 0 rings (SSSR count). The van der Waals surface area contributed by atoms with Gasteiger partial charge in [0.05, 0.1) is 24.6 Å². The van der Waals surface area contributed by atoms with Crippen molar-refractivity contribution in [2.75, 3.05) is 30.0 Å². The molecule has 0 aromatic heterocycles. The number of rotatable bonds is 24. The molecule has 0 N–H and O–H groups in total. The predicted octanol–water partition coefficient (Wildman–Crippen LogP) is 10.9. The molecule has 0 unspecified atom stereocenters. The van der Waals surface area contributed by atoms with Gasteiger partial charge in [-0.25, -0.2) is 0 Å². The first kappa shape index (κ1) is 29.9. The molecule has 29 heavy (non-hydrogen) atoms. The Balaban J connectivity index is 4.52. The van der Waals surface area contributed by atoms with Gasteiger partial charge < -0.3 is 0 Å². The maximum Gasteiger partial charge on any atom is 0.0602 e. The van der Waals surface area contributed by atoms with Gasteiger partial charge >= 0.3 is 0 Å². The van der Waals surface area contributed by atoms with Gasteiger partial charge in [-0.05, 0) is 44.9 Å². The van der Waals surface area contributed by atoms with Crippen molar-refractivity contribution in [2.24, 2.45) is 0 Å². The van der Waals surface area contributed by atoms with Gasteiger partial charge in [0, 0.05) is 12.6 Å². The van der Waals surface area contributed by atoms with Crippen LogP contribution in [0.25, 0.3) is 0 Å². The fraction of sp³-hybridized carbons (Fsp3) is 1.00. The van der Waals surface area contributed by atoms with E-state index in [2.05, 4.69) is 36.7 Å². The molecule has 0 radical (unpaired) electrons. The molecule has 0 heterocycles. The van der Waals surface area contributed by atoms with Gasteiger partial charge in [0.2, 0.25) is 0 Å². The van der Waals surface area contributed by atoms with Crippen LogP contribution in [-0.2, 0) is 0 Å². The van der Waals surface area contributed by atoms with Crippen molar-refractivity contribution >= 4 is 23.2 Å². The molecule has 0 saturated carbocycles. The molecule has 0 aliphatic carbocycles. The summed E-state index contributed by atoms with van der Waals surface area (Å²) in [5.41, 5.74) is 0. The van der Waals surface area contributed by atoms with E-state index >= 15 is 0 Å². The molecule has 0 bridgehead atoms. The summed E-state index contributed by atoms with van der Waals surface area (Å²) in [7, 11) is -0.709.